The van der Waals surface area contributed by atoms with Crippen LogP contribution in [0.3, 0.4) is 0 Å². The van der Waals surface area contributed by atoms with E-state index in [9.17, 15) is 0 Å². The largest absolute Gasteiger partial charge is 0.355 e. The van der Waals surface area contributed by atoms with Crippen molar-refractivity contribution in [3.8, 4) is 0 Å². The van der Waals surface area contributed by atoms with E-state index < -0.39 is 0 Å². The van der Waals surface area contributed by atoms with Crippen LogP contribution in [0.1, 0.15) is 5.56 Å². The van der Waals surface area contributed by atoms with Crippen molar-refractivity contribution in [2.45, 2.75) is 0 Å². The van der Waals surface area contributed by atoms with E-state index in [1.165, 1.54) is 37.8 Å². The number of nitrogens with one attached hydrogen (secondary N) is 2. The first-order valence-corrected chi connectivity index (χ1v) is 10.2. The van der Waals surface area contributed by atoms with Gasteiger partial charge in [-0.05, 0) is 46.0 Å². The highest BCUT2D eigenvalue weighted by atomic mass is 14.9. The maximum atomic E-state index is 4.07. The number of benzene rings is 5. The molecule has 0 unspecified atom stereocenters. The van der Waals surface area contributed by atoms with Crippen LogP contribution in [0.5, 0.6) is 0 Å². The Bertz CT molecular complexity index is 1570. The average molecular weight is 384 g/mol. The second-order valence-corrected chi connectivity index (χ2v) is 7.65. The Morgan fingerprint density at radius 2 is 1.30 bits per heavy atom. The SMILES string of the molecule is C=Cc1cc2c(cc1Nc1ccccc1)[nH]c1c3ccccc3c3ccccc3c21. The molecule has 0 saturated heterocycles. The Morgan fingerprint density at radius 3 is 2.03 bits per heavy atom. The molecular weight excluding hydrogens is 364 g/mol. The molecular formula is C28H20N2. The quantitative estimate of drug-likeness (QED) is 0.297. The predicted octanol–water partition coefficient (Wildman–Crippen LogP) is 8.01. The van der Waals surface area contributed by atoms with Crippen molar-refractivity contribution in [2.75, 3.05) is 5.32 Å². The number of aromatic amines is 1. The van der Waals surface area contributed by atoms with E-state index in [-0.39, 0.29) is 0 Å². The molecule has 5 aromatic carbocycles. The van der Waals surface area contributed by atoms with Crippen molar-refractivity contribution in [1.29, 1.82) is 0 Å². The van der Waals surface area contributed by atoms with Crippen molar-refractivity contribution in [1.82, 2.24) is 4.98 Å². The van der Waals surface area contributed by atoms with Gasteiger partial charge in [0.1, 0.15) is 0 Å². The van der Waals surface area contributed by atoms with E-state index in [1.54, 1.807) is 0 Å². The normalized spacial score (nSPS) is 11.5. The Morgan fingerprint density at radius 1 is 0.667 bits per heavy atom. The van der Waals surface area contributed by atoms with E-state index in [2.05, 4.69) is 89.7 Å². The van der Waals surface area contributed by atoms with Crippen LogP contribution in [-0.4, -0.2) is 4.98 Å². The molecule has 0 saturated carbocycles. The number of aromatic nitrogens is 1. The lowest BCUT2D eigenvalue weighted by molar-refractivity contribution is 1.52. The minimum absolute atomic E-state index is 1.05. The van der Waals surface area contributed by atoms with Crippen LogP contribution in [0.15, 0.2) is 97.6 Å². The molecule has 0 aliphatic carbocycles. The van der Waals surface area contributed by atoms with Crippen molar-refractivity contribution in [3.05, 3.63) is 103 Å². The molecule has 0 amide bonds. The fourth-order valence-corrected chi connectivity index (χ4v) is 4.57. The van der Waals surface area contributed by atoms with Crippen LogP contribution in [0, 0.1) is 0 Å². The molecule has 0 radical (unpaired) electrons. The van der Waals surface area contributed by atoms with E-state index in [0.29, 0.717) is 0 Å². The molecule has 1 aromatic heterocycles. The predicted molar refractivity (Wildman–Crippen MR) is 131 cm³/mol. The zero-order valence-electron chi connectivity index (χ0n) is 16.4. The lowest BCUT2D eigenvalue weighted by atomic mass is 9.96. The third-order valence-electron chi connectivity index (χ3n) is 5.92. The van der Waals surface area contributed by atoms with Crippen molar-refractivity contribution < 1.29 is 0 Å². The Balaban J connectivity index is 1.72. The molecule has 0 spiro atoms. The zero-order chi connectivity index (χ0) is 20.1. The third-order valence-corrected chi connectivity index (χ3v) is 5.92. The maximum Gasteiger partial charge on any atom is 0.0551 e. The molecule has 2 N–H and O–H groups in total. The highest BCUT2D eigenvalue weighted by Gasteiger charge is 2.15. The van der Waals surface area contributed by atoms with Gasteiger partial charge in [-0.3, -0.25) is 0 Å². The summed E-state index contributed by atoms with van der Waals surface area (Å²) in [6.07, 6.45) is 1.92. The van der Waals surface area contributed by atoms with Crippen LogP contribution < -0.4 is 5.32 Å². The molecule has 1 heterocycles. The summed E-state index contributed by atoms with van der Waals surface area (Å²) in [6.45, 7) is 4.07. The summed E-state index contributed by atoms with van der Waals surface area (Å²) in [5.41, 5.74) is 5.50. The third kappa shape index (κ3) is 2.44. The summed E-state index contributed by atoms with van der Waals surface area (Å²) in [6, 6.07) is 32.0. The molecule has 142 valence electrons. The smallest absolute Gasteiger partial charge is 0.0551 e. The van der Waals surface area contributed by atoms with Gasteiger partial charge in [0.15, 0.2) is 0 Å². The molecule has 6 aromatic rings. The van der Waals surface area contributed by atoms with Gasteiger partial charge in [0.2, 0.25) is 0 Å². The lowest BCUT2D eigenvalue weighted by Gasteiger charge is -2.11. The Hall–Kier alpha value is -4.04. The second kappa shape index (κ2) is 6.50. The van der Waals surface area contributed by atoms with E-state index >= 15 is 0 Å². The van der Waals surface area contributed by atoms with Gasteiger partial charge in [-0.1, -0.05) is 79.4 Å². The van der Waals surface area contributed by atoms with Crippen LogP contribution in [0.25, 0.3) is 49.4 Å². The van der Waals surface area contributed by atoms with Gasteiger partial charge in [-0.25, -0.2) is 0 Å². The summed E-state index contributed by atoms with van der Waals surface area (Å²) in [7, 11) is 0. The molecule has 0 aliphatic rings. The number of rotatable bonds is 3. The van der Waals surface area contributed by atoms with Crippen molar-refractivity contribution in [2.24, 2.45) is 0 Å². The summed E-state index contributed by atoms with van der Waals surface area (Å²) >= 11 is 0. The Labute approximate surface area is 174 Å². The van der Waals surface area contributed by atoms with Crippen LogP contribution in [-0.2, 0) is 0 Å². The van der Waals surface area contributed by atoms with Crippen LogP contribution in [0.4, 0.5) is 11.4 Å². The molecule has 0 atom stereocenters. The lowest BCUT2D eigenvalue weighted by Crippen LogP contribution is -1.92. The van der Waals surface area contributed by atoms with Gasteiger partial charge in [-0.2, -0.15) is 0 Å². The maximum absolute atomic E-state index is 4.07. The summed E-state index contributed by atoms with van der Waals surface area (Å²) in [5.74, 6) is 0. The number of H-pyrrole nitrogens is 1. The first-order chi connectivity index (χ1) is 14.8. The van der Waals surface area contributed by atoms with E-state index in [0.717, 1.165) is 22.5 Å². The van der Waals surface area contributed by atoms with Crippen LogP contribution >= 0.6 is 0 Å². The number of hydrogen-bond donors (Lipinski definition) is 2. The summed E-state index contributed by atoms with van der Waals surface area (Å²) in [5, 5.41) is 11.1. The van der Waals surface area contributed by atoms with E-state index in [4.69, 9.17) is 0 Å². The Kier molecular flexibility index (Phi) is 3.65. The van der Waals surface area contributed by atoms with Crippen LogP contribution in [0.2, 0.25) is 0 Å². The van der Waals surface area contributed by atoms with Gasteiger partial charge in [-0.15, -0.1) is 0 Å². The molecule has 2 heteroatoms. The first-order valence-electron chi connectivity index (χ1n) is 10.2. The van der Waals surface area contributed by atoms with Gasteiger partial charge < -0.3 is 10.3 Å². The second-order valence-electron chi connectivity index (χ2n) is 7.65. The highest BCUT2D eigenvalue weighted by Crippen LogP contribution is 2.40. The fourth-order valence-electron chi connectivity index (χ4n) is 4.57. The fraction of sp³-hybridized carbons (Fsp3) is 0. The summed E-state index contributed by atoms with van der Waals surface area (Å²) < 4.78 is 0. The number of fused-ring (bicyclic) bond motifs is 8. The average Bonchev–Trinajstić information content (AvgIpc) is 3.18. The first kappa shape index (κ1) is 16.9. The minimum atomic E-state index is 1.05. The van der Waals surface area contributed by atoms with Gasteiger partial charge in [0.05, 0.1) is 5.52 Å². The minimum Gasteiger partial charge on any atom is -0.355 e. The molecule has 0 bridgehead atoms. The monoisotopic (exact) mass is 384 g/mol. The topological polar surface area (TPSA) is 27.8 Å². The molecule has 0 aliphatic heterocycles. The zero-order valence-corrected chi connectivity index (χ0v) is 16.4. The standard InChI is InChI=1S/C28H20N2/c1-2-18-16-24-26(17-25(18)29-19-10-4-3-5-11-19)30-28-23-15-9-7-13-21(23)20-12-6-8-14-22(20)27(24)28/h2-17,29-30H,1H2. The number of anilines is 2. The molecule has 30 heavy (non-hydrogen) atoms. The molecule has 6 rings (SSSR count). The van der Waals surface area contributed by atoms with Gasteiger partial charge in [0.25, 0.3) is 0 Å². The summed E-state index contributed by atoms with van der Waals surface area (Å²) in [4.78, 5) is 3.72. The molecule has 2 nitrogen and oxygen atoms in total. The number of para-hydroxylation sites is 1. The van der Waals surface area contributed by atoms with Gasteiger partial charge >= 0.3 is 0 Å². The highest BCUT2D eigenvalue weighted by molar-refractivity contribution is 6.31. The van der Waals surface area contributed by atoms with Crippen molar-refractivity contribution in [3.63, 3.8) is 0 Å². The van der Waals surface area contributed by atoms with Crippen molar-refractivity contribution >= 4 is 60.8 Å². The van der Waals surface area contributed by atoms with Gasteiger partial charge in [0, 0.05) is 33.1 Å². The number of hydrogen-bond acceptors (Lipinski definition) is 1. The van der Waals surface area contributed by atoms with E-state index in [1.807, 2.05) is 24.3 Å². The molecule has 0 fully saturated rings.